The minimum absolute atomic E-state index is 0.263. The van der Waals surface area contributed by atoms with Gasteiger partial charge in [0.15, 0.2) is 0 Å². The van der Waals surface area contributed by atoms with Crippen molar-refractivity contribution >= 4 is 23.0 Å². The Morgan fingerprint density at radius 2 is 2.32 bits per heavy atom. The molecule has 0 amide bonds. The molecule has 2 rings (SSSR count). The summed E-state index contributed by atoms with van der Waals surface area (Å²) in [7, 11) is 4.06. The van der Waals surface area contributed by atoms with Crippen LogP contribution in [-0.2, 0) is 0 Å². The van der Waals surface area contributed by atoms with Crippen LogP contribution in [0.2, 0.25) is 0 Å². The number of pyridine rings is 1. The van der Waals surface area contributed by atoms with E-state index in [2.05, 4.69) is 14.8 Å². The summed E-state index contributed by atoms with van der Waals surface area (Å²) in [6.07, 6.45) is 0.456. The van der Waals surface area contributed by atoms with Gasteiger partial charge in [0.05, 0.1) is 11.8 Å². The van der Waals surface area contributed by atoms with E-state index in [1.165, 1.54) is 0 Å². The van der Waals surface area contributed by atoms with E-state index in [1.807, 2.05) is 26.2 Å². The van der Waals surface area contributed by atoms with Crippen LogP contribution in [-0.4, -0.2) is 59.3 Å². The standard InChI is InChI=1S/C13H20N4OS/c1-16(2)7-9-6-10(18)8-17(9)12-5-3-4-11(15-12)13(14)19/h3-5,9-10,18H,6-8H2,1-2H3,(H2,14,19). The monoisotopic (exact) mass is 280 g/mol. The van der Waals surface area contributed by atoms with Gasteiger partial charge in [0.1, 0.15) is 10.8 Å². The molecule has 1 fully saturated rings. The van der Waals surface area contributed by atoms with Crippen LogP contribution in [0.5, 0.6) is 0 Å². The lowest BCUT2D eigenvalue weighted by atomic mass is 10.2. The molecule has 2 heterocycles. The summed E-state index contributed by atoms with van der Waals surface area (Å²) in [5.41, 5.74) is 6.24. The summed E-state index contributed by atoms with van der Waals surface area (Å²) in [6.45, 7) is 1.49. The number of likely N-dealkylation sites (N-methyl/N-ethyl adjacent to an activating group) is 1. The van der Waals surface area contributed by atoms with Gasteiger partial charge < -0.3 is 20.6 Å². The largest absolute Gasteiger partial charge is 0.391 e. The summed E-state index contributed by atoms with van der Waals surface area (Å²) >= 11 is 4.96. The molecular formula is C13H20N4OS. The highest BCUT2D eigenvalue weighted by atomic mass is 32.1. The van der Waals surface area contributed by atoms with Crippen LogP contribution in [0.25, 0.3) is 0 Å². The molecule has 104 valence electrons. The van der Waals surface area contributed by atoms with Gasteiger partial charge in [-0.2, -0.15) is 0 Å². The first-order valence-corrected chi connectivity index (χ1v) is 6.74. The molecule has 1 aliphatic heterocycles. The van der Waals surface area contributed by atoms with Gasteiger partial charge in [0.2, 0.25) is 0 Å². The number of hydrogen-bond donors (Lipinski definition) is 2. The maximum atomic E-state index is 9.88. The maximum absolute atomic E-state index is 9.88. The molecule has 2 atom stereocenters. The predicted octanol–water partition coefficient (Wildman–Crippen LogP) is 0.217. The highest BCUT2D eigenvalue weighted by Gasteiger charge is 2.32. The summed E-state index contributed by atoms with van der Waals surface area (Å²) in [6, 6.07) is 5.90. The van der Waals surface area contributed by atoms with Crippen molar-refractivity contribution in [2.24, 2.45) is 5.73 Å². The van der Waals surface area contributed by atoms with E-state index in [0.717, 1.165) is 18.8 Å². The number of rotatable bonds is 4. The third kappa shape index (κ3) is 3.40. The first-order valence-electron chi connectivity index (χ1n) is 6.33. The lowest BCUT2D eigenvalue weighted by Gasteiger charge is -2.27. The summed E-state index contributed by atoms with van der Waals surface area (Å²) in [4.78, 5) is 9.02. The molecule has 1 aromatic rings. The lowest BCUT2D eigenvalue weighted by Crippen LogP contribution is -2.38. The van der Waals surface area contributed by atoms with Crippen LogP contribution in [0.3, 0.4) is 0 Å². The van der Waals surface area contributed by atoms with Gasteiger partial charge in [0, 0.05) is 19.1 Å². The average Bonchev–Trinajstić information content (AvgIpc) is 2.69. The van der Waals surface area contributed by atoms with Gasteiger partial charge >= 0.3 is 0 Å². The van der Waals surface area contributed by atoms with Gasteiger partial charge in [-0.25, -0.2) is 4.98 Å². The second-order valence-corrected chi connectivity index (χ2v) is 5.64. The molecule has 0 radical (unpaired) electrons. The smallest absolute Gasteiger partial charge is 0.129 e. The average molecular weight is 280 g/mol. The quantitative estimate of drug-likeness (QED) is 0.769. The third-order valence-electron chi connectivity index (χ3n) is 3.25. The highest BCUT2D eigenvalue weighted by Crippen LogP contribution is 2.24. The Balaban J connectivity index is 2.23. The van der Waals surface area contributed by atoms with Crippen LogP contribution in [0.15, 0.2) is 18.2 Å². The zero-order valence-corrected chi connectivity index (χ0v) is 12.1. The van der Waals surface area contributed by atoms with Gasteiger partial charge in [-0.05, 0) is 32.6 Å². The van der Waals surface area contributed by atoms with Crippen molar-refractivity contribution in [2.45, 2.75) is 18.6 Å². The topological polar surface area (TPSA) is 65.6 Å². The molecule has 6 heteroatoms. The van der Waals surface area contributed by atoms with Crippen LogP contribution in [0.4, 0.5) is 5.82 Å². The SMILES string of the molecule is CN(C)CC1CC(O)CN1c1cccc(C(N)=S)n1. The first kappa shape index (κ1) is 14.2. The number of aromatic nitrogens is 1. The molecule has 2 unspecified atom stereocenters. The number of β-amino-alcohol motifs (C(OH)–C–C–N with tert-alkyl or cyclic N) is 1. The fraction of sp³-hybridized carbons (Fsp3) is 0.538. The van der Waals surface area contributed by atoms with E-state index in [9.17, 15) is 5.11 Å². The van der Waals surface area contributed by atoms with Crippen molar-refractivity contribution < 1.29 is 5.11 Å². The maximum Gasteiger partial charge on any atom is 0.129 e. The molecule has 3 N–H and O–H groups in total. The number of aliphatic hydroxyl groups excluding tert-OH is 1. The third-order valence-corrected chi connectivity index (χ3v) is 3.46. The number of thiocarbonyl (C=S) groups is 1. The van der Waals surface area contributed by atoms with Gasteiger partial charge in [-0.15, -0.1) is 0 Å². The van der Waals surface area contributed by atoms with Crippen molar-refractivity contribution in [1.82, 2.24) is 9.88 Å². The van der Waals surface area contributed by atoms with Gasteiger partial charge in [-0.3, -0.25) is 0 Å². The van der Waals surface area contributed by atoms with Crippen LogP contribution in [0.1, 0.15) is 12.1 Å². The van der Waals surface area contributed by atoms with Crippen molar-refractivity contribution in [3.63, 3.8) is 0 Å². The summed E-state index contributed by atoms with van der Waals surface area (Å²) in [5.74, 6) is 0.828. The van der Waals surface area contributed by atoms with E-state index in [-0.39, 0.29) is 12.1 Å². The first-order chi connectivity index (χ1) is 8.97. The Hall–Kier alpha value is -1.24. The van der Waals surface area contributed by atoms with Crippen molar-refractivity contribution in [1.29, 1.82) is 0 Å². The Morgan fingerprint density at radius 1 is 1.58 bits per heavy atom. The second-order valence-electron chi connectivity index (χ2n) is 5.20. The van der Waals surface area contributed by atoms with E-state index in [0.29, 0.717) is 17.2 Å². The minimum Gasteiger partial charge on any atom is -0.391 e. The fourth-order valence-corrected chi connectivity index (χ4v) is 2.60. The molecule has 1 aromatic heterocycles. The molecular weight excluding hydrogens is 260 g/mol. The number of nitrogens with zero attached hydrogens (tertiary/aromatic N) is 3. The number of nitrogens with two attached hydrogens (primary N) is 1. The van der Waals surface area contributed by atoms with Crippen molar-refractivity contribution in [2.75, 3.05) is 32.1 Å². The lowest BCUT2D eigenvalue weighted by molar-refractivity contribution is 0.191. The van der Waals surface area contributed by atoms with Crippen LogP contribution in [0, 0.1) is 0 Å². The molecule has 5 nitrogen and oxygen atoms in total. The van der Waals surface area contributed by atoms with E-state index in [1.54, 1.807) is 6.07 Å². The van der Waals surface area contributed by atoms with Crippen molar-refractivity contribution in [3.05, 3.63) is 23.9 Å². The summed E-state index contributed by atoms with van der Waals surface area (Å²) in [5, 5.41) is 9.88. The normalized spacial score (nSPS) is 23.1. The van der Waals surface area contributed by atoms with Crippen LogP contribution < -0.4 is 10.6 Å². The highest BCUT2D eigenvalue weighted by molar-refractivity contribution is 7.80. The Bertz CT molecular complexity index is 466. The molecule has 0 saturated carbocycles. The zero-order valence-electron chi connectivity index (χ0n) is 11.3. The van der Waals surface area contributed by atoms with Gasteiger partial charge in [0.25, 0.3) is 0 Å². The summed E-state index contributed by atoms with van der Waals surface area (Å²) < 4.78 is 0. The fourth-order valence-electron chi connectivity index (χ4n) is 2.49. The molecule has 0 aromatic carbocycles. The molecule has 1 saturated heterocycles. The minimum atomic E-state index is -0.305. The van der Waals surface area contributed by atoms with E-state index < -0.39 is 0 Å². The van der Waals surface area contributed by atoms with E-state index >= 15 is 0 Å². The Labute approximate surface area is 119 Å². The zero-order chi connectivity index (χ0) is 14.0. The van der Waals surface area contributed by atoms with Crippen LogP contribution >= 0.6 is 12.2 Å². The number of anilines is 1. The molecule has 0 aliphatic carbocycles. The molecule has 0 bridgehead atoms. The molecule has 0 spiro atoms. The Morgan fingerprint density at radius 3 is 2.95 bits per heavy atom. The van der Waals surface area contributed by atoms with Gasteiger partial charge in [-0.1, -0.05) is 18.3 Å². The number of hydrogen-bond acceptors (Lipinski definition) is 5. The molecule has 1 aliphatic rings. The molecule has 19 heavy (non-hydrogen) atoms. The van der Waals surface area contributed by atoms with Crippen molar-refractivity contribution in [3.8, 4) is 0 Å². The van der Waals surface area contributed by atoms with E-state index in [4.69, 9.17) is 18.0 Å². The second kappa shape index (κ2) is 5.81. The number of aliphatic hydroxyl groups is 1. The Kier molecular flexibility index (Phi) is 4.34. The predicted molar refractivity (Wildman–Crippen MR) is 80.4 cm³/mol.